The molecule has 0 spiro atoms. The maximum atomic E-state index is 11.2. The number of esters is 1. The molecule has 18 heavy (non-hydrogen) atoms. The summed E-state index contributed by atoms with van der Waals surface area (Å²) in [5.41, 5.74) is 0.426. The number of ether oxygens (including phenoxy) is 3. The summed E-state index contributed by atoms with van der Waals surface area (Å²) >= 11 is 0. The van der Waals surface area contributed by atoms with Crippen molar-refractivity contribution in [2.75, 3.05) is 33.5 Å². The molecule has 0 saturated heterocycles. The van der Waals surface area contributed by atoms with Crippen molar-refractivity contribution in [2.45, 2.75) is 6.54 Å². The highest BCUT2D eigenvalue weighted by molar-refractivity contribution is 5.88. The molecule has 0 unspecified atom stereocenters. The van der Waals surface area contributed by atoms with Crippen molar-refractivity contribution in [2.24, 2.45) is 0 Å². The lowest BCUT2D eigenvalue weighted by atomic mass is 10.4. The number of carbonyl (C=O) groups is 1. The van der Waals surface area contributed by atoms with Crippen molar-refractivity contribution in [3.8, 4) is 12.3 Å². The van der Waals surface area contributed by atoms with Crippen LogP contribution in [0.25, 0.3) is 0 Å². The van der Waals surface area contributed by atoms with E-state index >= 15 is 0 Å². The molecule has 1 rings (SSSR count). The number of hydrogen-bond donors (Lipinski definition) is 0. The molecular formula is C12H16N2O4. The standard InChI is InChI=1S/C12H16N2O4/c1-3-5-17-7-8-18-6-4-14-10-11(9-13-14)12(15)16-2/h1,9-10H,4-8H2,2H3. The first kappa shape index (κ1) is 14.2. The molecular weight excluding hydrogens is 236 g/mol. The Kier molecular flexibility index (Phi) is 6.54. The van der Waals surface area contributed by atoms with Crippen LogP contribution in [0.2, 0.25) is 0 Å². The molecule has 6 heteroatoms. The van der Waals surface area contributed by atoms with Crippen LogP contribution < -0.4 is 0 Å². The SMILES string of the molecule is C#CCOCCOCCn1cc(C(=O)OC)cn1. The summed E-state index contributed by atoms with van der Waals surface area (Å²) < 4.78 is 16.5. The van der Waals surface area contributed by atoms with Gasteiger partial charge in [0.2, 0.25) is 0 Å². The van der Waals surface area contributed by atoms with Gasteiger partial charge in [0, 0.05) is 6.20 Å². The number of hydrogen-bond acceptors (Lipinski definition) is 5. The van der Waals surface area contributed by atoms with Crippen LogP contribution >= 0.6 is 0 Å². The molecule has 1 aromatic rings. The van der Waals surface area contributed by atoms with E-state index in [1.807, 2.05) is 0 Å². The van der Waals surface area contributed by atoms with Crippen molar-refractivity contribution in [3.05, 3.63) is 18.0 Å². The zero-order valence-corrected chi connectivity index (χ0v) is 10.3. The number of methoxy groups -OCH3 is 1. The predicted octanol–water partition coefficient (Wildman–Crippen LogP) is 0.336. The summed E-state index contributed by atoms with van der Waals surface area (Å²) in [6.07, 6.45) is 8.09. The molecule has 0 aliphatic heterocycles. The Balaban J connectivity index is 2.14. The van der Waals surface area contributed by atoms with Crippen LogP contribution in [0.4, 0.5) is 0 Å². The summed E-state index contributed by atoms with van der Waals surface area (Å²) in [6, 6.07) is 0. The molecule has 0 radical (unpaired) electrons. The van der Waals surface area contributed by atoms with Gasteiger partial charge in [-0.3, -0.25) is 4.68 Å². The van der Waals surface area contributed by atoms with Crippen molar-refractivity contribution in [1.29, 1.82) is 0 Å². The van der Waals surface area contributed by atoms with Gasteiger partial charge in [-0.25, -0.2) is 4.79 Å². The van der Waals surface area contributed by atoms with Crippen molar-refractivity contribution >= 4 is 5.97 Å². The lowest BCUT2D eigenvalue weighted by Crippen LogP contribution is -2.10. The lowest BCUT2D eigenvalue weighted by Gasteiger charge is -2.04. The summed E-state index contributed by atoms with van der Waals surface area (Å²) in [7, 11) is 1.33. The largest absolute Gasteiger partial charge is 0.465 e. The van der Waals surface area contributed by atoms with Gasteiger partial charge >= 0.3 is 5.97 Å². The van der Waals surface area contributed by atoms with Crippen LogP contribution in [-0.2, 0) is 20.8 Å². The highest BCUT2D eigenvalue weighted by Gasteiger charge is 2.07. The Bertz CT molecular complexity index is 408. The number of terminal acetylenes is 1. The molecule has 0 amide bonds. The topological polar surface area (TPSA) is 62.6 Å². The van der Waals surface area contributed by atoms with Gasteiger partial charge in [-0.2, -0.15) is 5.10 Å². The fraction of sp³-hybridized carbons (Fsp3) is 0.500. The molecule has 0 N–H and O–H groups in total. The van der Waals surface area contributed by atoms with E-state index in [1.54, 1.807) is 10.9 Å². The number of nitrogens with zero attached hydrogens (tertiary/aromatic N) is 2. The summed E-state index contributed by atoms with van der Waals surface area (Å²) in [4.78, 5) is 11.2. The molecule has 0 bridgehead atoms. The number of aromatic nitrogens is 2. The van der Waals surface area contributed by atoms with Gasteiger partial charge in [0.15, 0.2) is 0 Å². The summed E-state index contributed by atoms with van der Waals surface area (Å²) in [6.45, 7) is 2.29. The average molecular weight is 252 g/mol. The Morgan fingerprint density at radius 3 is 2.94 bits per heavy atom. The van der Waals surface area contributed by atoms with E-state index in [4.69, 9.17) is 15.9 Å². The monoisotopic (exact) mass is 252 g/mol. The van der Waals surface area contributed by atoms with Gasteiger partial charge in [0.05, 0.1) is 45.2 Å². The Labute approximate surface area is 106 Å². The minimum atomic E-state index is -0.398. The second-order valence-corrected chi connectivity index (χ2v) is 3.35. The zero-order valence-electron chi connectivity index (χ0n) is 10.3. The molecule has 0 aliphatic carbocycles. The first-order valence-electron chi connectivity index (χ1n) is 5.47. The zero-order chi connectivity index (χ0) is 13.2. The molecule has 1 aromatic heterocycles. The maximum Gasteiger partial charge on any atom is 0.341 e. The highest BCUT2D eigenvalue weighted by Crippen LogP contribution is 1.99. The third-order valence-corrected chi connectivity index (χ3v) is 2.08. The predicted molar refractivity (Wildman–Crippen MR) is 64.0 cm³/mol. The van der Waals surface area contributed by atoms with Gasteiger partial charge in [-0.15, -0.1) is 6.42 Å². The van der Waals surface area contributed by atoms with Crippen LogP contribution in [0.5, 0.6) is 0 Å². The normalized spacial score (nSPS) is 10.0. The van der Waals surface area contributed by atoms with Gasteiger partial charge in [0.1, 0.15) is 6.61 Å². The highest BCUT2D eigenvalue weighted by atomic mass is 16.5. The third kappa shape index (κ3) is 4.99. The van der Waals surface area contributed by atoms with Crippen LogP contribution in [-0.4, -0.2) is 49.3 Å². The molecule has 0 aromatic carbocycles. The molecule has 6 nitrogen and oxygen atoms in total. The smallest absolute Gasteiger partial charge is 0.341 e. The van der Waals surface area contributed by atoms with Crippen LogP contribution in [0.3, 0.4) is 0 Å². The van der Waals surface area contributed by atoms with E-state index in [0.717, 1.165) is 0 Å². The molecule has 0 atom stereocenters. The Morgan fingerprint density at radius 1 is 1.44 bits per heavy atom. The average Bonchev–Trinajstić information content (AvgIpc) is 2.85. The van der Waals surface area contributed by atoms with Gasteiger partial charge in [-0.1, -0.05) is 5.92 Å². The van der Waals surface area contributed by atoms with Crippen LogP contribution in [0, 0.1) is 12.3 Å². The Morgan fingerprint density at radius 2 is 2.22 bits per heavy atom. The molecule has 0 saturated carbocycles. The Hall–Kier alpha value is -1.84. The molecule has 98 valence electrons. The second kappa shape index (κ2) is 8.28. The quantitative estimate of drug-likeness (QED) is 0.379. The van der Waals surface area contributed by atoms with Crippen molar-refractivity contribution in [3.63, 3.8) is 0 Å². The maximum absolute atomic E-state index is 11.2. The van der Waals surface area contributed by atoms with Gasteiger partial charge < -0.3 is 14.2 Å². The van der Waals surface area contributed by atoms with Crippen molar-refractivity contribution in [1.82, 2.24) is 9.78 Å². The number of carbonyl (C=O) groups excluding carboxylic acids is 1. The fourth-order valence-corrected chi connectivity index (χ4v) is 1.22. The van der Waals surface area contributed by atoms with E-state index in [9.17, 15) is 4.79 Å². The third-order valence-electron chi connectivity index (χ3n) is 2.08. The summed E-state index contributed by atoms with van der Waals surface area (Å²) in [5, 5.41) is 4.01. The lowest BCUT2D eigenvalue weighted by molar-refractivity contribution is 0.0554. The van der Waals surface area contributed by atoms with Crippen molar-refractivity contribution < 1.29 is 19.0 Å². The summed E-state index contributed by atoms with van der Waals surface area (Å²) in [5.74, 6) is 1.97. The minimum absolute atomic E-state index is 0.297. The van der Waals surface area contributed by atoms with Gasteiger partial charge in [0.25, 0.3) is 0 Å². The van der Waals surface area contributed by atoms with E-state index < -0.39 is 5.97 Å². The van der Waals surface area contributed by atoms with E-state index in [0.29, 0.717) is 38.5 Å². The molecule has 0 aliphatic rings. The molecule has 1 heterocycles. The number of rotatable bonds is 8. The van der Waals surface area contributed by atoms with E-state index in [2.05, 4.69) is 15.8 Å². The second-order valence-electron chi connectivity index (χ2n) is 3.35. The van der Waals surface area contributed by atoms with E-state index in [1.165, 1.54) is 13.3 Å². The minimum Gasteiger partial charge on any atom is -0.465 e. The fourth-order valence-electron chi connectivity index (χ4n) is 1.22. The van der Waals surface area contributed by atoms with Gasteiger partial charge in [-0.05, 0) is 0 Å². The van der Waals surface area contributed by atoms with E-state index in [-0.39, 0.29) is 0 Å². The molecule has 0 fully saturated rings. The first-order chi connectivity index (χ1) is 8.77. The van der Waals surface area contributed by atoms with Crippen LogP contribution in [0.1, 0.15) is 10.4 Å². The van der Waals surface area contributed by atoms with Crippen LogP contribution in [0.15, 0.2) is 12.4 Å². The first-order valence-corrected chi connectivity index (χ1v) is 5.47.